The number of fused-ring (bicyclic) bond motifs is 1. The summed E-state index contributed by atoms with van der Waals surface area (Å²) in [6.07, 6.45) is 0.789. The number of aldehydes is 1. The van der Waals surface area contributed by atoms with Crippen molar-refractivity contribution in [3.05, 3.63) is 53.0 Å². The van der Waals surface area contributed by atoms with E-state index in [9.17, 15) is 22.8 Å². The lowest BCUT2D eigenvalue weighted by atomic mass is 9.81. The van der Waals surface area contributed by atoms with Gasteiger partial charge in [-0.2, -0.15) is 13.2 Å². The maximum atomic E-state index is 13.5. The molecule has 4 aromatic rings. The van der Waals surface area contributed by atoms with Gasteiger partial charge in [-0.05, 0) is 51.2 Å². The molecule has 3 heterocycles. The van der Waals surface area contributed by atoms with E-state index < -0.39 is 18.0 Å². The summed E-state index contributed by atoms with van der Waals surface area (Å²) in [4.78, 5) is 33.9. The number of amides is 1. The van der Waals surface area contributed by atoms with Crippen molar-refractivity contribution in [2.24, 2.45) is 11.8 Å². The minimum atomic E-state index is -4.22. The Bertz CT molecular complexity index is 1380. The summed E-state index contributed by atoms with van der Waals surface area (Å²) >= 11 is 2.87. The third kappa shape index (κ3) is 5.09. The van der Waals surface area contributed by atoms with Gasteiger partial charge in [-0.1, -0.05) is 24.3 Å². The molecule has 0 bridgehead atoms. The first-order chi connectivity index (χ1) is 17.7. The number of thiazole rings is 1. The minimum absolute atomic E-state index is 0.0394. The first-order valence-electron chi connectivity index (χ1n) is 12.2. The second-order valence-electron chi connectivity index (χ2n) is 9.67. The molecule has 194 valence electrons. The average Bonchev–Trinajstić information content (AvgIpc) is 3.59. The summed E-state index contributed by atoms with van der Waals surface area (Å²) < 4.78 is 41.3. The van der Waals surface area contributed by atoms with Crippen molar-refractivity contribution in [1.29, 1.82) is 0 Å². The predicted octanol–water partition coefficient (Wildman–Crippen LogP) is 7.71. The van der Waals surface area contributed by atoms with Crippen molar-refractivity contribution in [1.82, 2.24) is 9.38 Å². The molecule has 0 N–H and O–H groups in total. The summed E-state index contributed by atoms with van der Waals surface area (Å²) in [5.74, 6) is -2.03. The van der Waals surface area contributed by atoms with Crippen LogP contribution in [0.2, 0.25) is 0 Å². The van der Waals surface area contributed by atoms with Gasteiger partial charge in [-0.3, -0.25) is 14.0 Å². The van der Waals surface area contributed by atoms with Crippen LogP contribution in [-0.4, -0.2) is 33.8 Å². The maximum absolute atomic E-state index is 13.5. The van der Waals surface area contributed by atoms with E-state index in [2.05, 4.69) is 4.98 Å². The normalized spacial score (nSPS) is 18.4. The van der Waals surface area contributed by atoms with Crippen molar-refractivity contribution in [2.75, 3.05) is 4.90 Å². The van der Waals surface area contributed by atoms with Gasteiger partial charge in [0.15, 0.2) is 11.2 Å². The van der Waals surface area contributed by atoms with Crippen molar-refractivity contribution in [2.45, 2.75) is 51.7 Å². The molecule has 1 aliphatic carbocycles. The Labute approximate surface area is 220 Å². The predicted molar refractivity (Wildman–Crippen MR) is 141 cm³/mol. The van der Waals surface area contributed by atoms with Gasteiger partial charge in [0.2, 0.25) is 5.91 Å². The summed E-state index contributed by atoms with van der Waals surface area (Å²) in [7, 11) is 0. The molecule has 0 spiro atoms. The highest BCUT2D eigenvalue weighted by atomic mass is 32.1. The number of nitrogens with zero attached hydrogens (tertiary/aromatic N) is 3. The number of thiophene rings is 1. The molecule has 1 saturated carbocycles. The quantitative estimate of drug-likeness (QED) is 0.233. The van der Waals surface area contributed by atoms with E-state index in [1.54, 1.807) is 16.2 Å². The fraction of sp³-hybridized carbons (Fsp3) is 0.370. The van der Waals surface area contributed by atoms with Crippen LogP contribution in [0.1, 0.15) is 49.2 Å². The first-order valence-corrected chi connectivity index (χ1v) is 13.9. The lowest BCUT2D eigenvalue weighted by molar-refractivity contribution is -0.184. The number of hydrogen-bond donors (Lipinski definition) is 0. The van der Waals surface area contributed by atoms with Crippen LogP contribution in [0.25, 0.3) is 26.7 Å². The summed E-state index contributed by atoms with van der Waals surface area (Å²) in [5, 5.41) is 1.98. The first kappa shape index (κ1) is 25.7. The molecule has 0 aliphatic heterocycles. The molecule has 0 saturated heterocycles. The van der Waals surface area contributed by atoms with Crippen LogP contribution in [-0.2, 0) is 4.79 Å². The Kier molecular flexibility index (Phi) is 6.97. The van der Waals surface area contributed by atoms with E-state index in [-0.39, 0.29) is 37.6 Å². The molecule has 1 aliphatic rings. The molecule has 10 heteroatoms. The van der Waals surface area contributed by atoms with Crippen LogP contribution < -0.4 is 4.90 Å². The zero-order valence-electron chi connectivity index (χ0n) is 20.4. The topological polar surface area (TPSA) is 54.7 Å². The number of carbonyl (C=O) groups excluding carboxylic acids is 2. The fourth-order valence-corrected chi connectivity index (χ4v) is 6.67. The van der Waals surface area contributed by atoms with Gasteiger partial charge in [-0.15, -0.1) is 22.7 Å². The lowest BCUT2D eigenvalue weighted by Crippen LogP contribution is -2.43. The highest BCUT2D eigenvalue weighted by Gasteiger charge is 2.43. The molecule has 5 nitrogen and oxygen atoms in total. The number of carbonyl (C=O) groups is 2. The molecule has 1 fully saturated rings. The van der Waals surface area contributed by atoms with Gasteiger partial charge in [-0.25, -0.2) is 4.98 Å². The zero-order chi connectivity index (χ0) is 26.3. The van der Waals surface area contributed by atoms with Crippen LogP contribution in [0.5, 0.6) is 0 Å². The Balaban J connectivity index is 1.38. The molecular weight excluding hydrogens is 519 g/mol. The van der Waals surface area contributed by atoms with E-state index in [0.29, 0.717) is 10.6 Å². The third-order valence-corrected chi connectivity index (χ3v) is 8.83. The number of imidazole rings is 1. The van der Waals surface area contributed by atoms with Gasteiger partial charge in [0.1, 0.15) is 0 Å². The van der Waals surface area contributed by atoms with Crippen LogP contribution in [0.4, 0.5) is 18.9 Å². The number of aromatic nitrogens is 2. The molecule has 5 rings (SSSR count). The Morgan fingerprint density at radius 2 is 1.81 bits per heavy atom. The fourth-order valence-electron chi connectivity index (χ4n) is 5.00. The van der Waals surface area contributed by atoms with E-state index >= 15 is 0 Å². The van der Waals surface area contributed by atoms with Gasteiger partial charge >= 0.3 is 6.18 Å². The summed E-state index contributed by atoms with van der Waals surface area (Å²) in [5.41, 5.74) is 3.27. The van der Waals surface area contributed by atoms with Crippen LogP contribution in [0.15, 0.2) is 48.1 Å². The highest BCUT2D eigenvalue weighted by Crippen LogP contribution is 2.42. The number of rotatable bonds is 6. The SMILES string of the molecule is CC(C)N(c1cc(-c2ccc(-c3cn4ccsc4n3)cc2)sc1C=O)C(=O)[C@H]1CC[C@H](C(F)(F)F)CC1. The molecule has 1 amide bonds. The van der Waals surface area contributed by atoms with Crippen molar-refractivity contribution in [3.63, 3.8) is 0 Å². The Hall–Kier alpha value is -2.98. The standard InChI is InChI=1S/C27H26F3N3O2S2/c1-16(2)33(25(35)19-7-9-20(10-8-19)27(28,29)30)22-13-23(37-24(22)15-34)18-5-3-17(4-6-18)21-14-32-11-12-36-26(32)31-21/h3-6,11-16,19-20H,7-10H2,1-2H3/t19-,20-. The Morgan fingerprint density at radius 1 is 1.14 bits per heavy atom. The molecule has 3 aromatic heterocycles. The summed E-state index contributed by atoms with van der Waals surface area (Å²) in [6, 6.07) is 9.49. The van der Waals surface area contributed by atoms with E-state index in [1.807, 2.05) is 66.4 Å². The number of halogens is 3. The smallest absolute Gasteiger partial charge is 0.308 e. The molecule has 1 aromatic carbocycles. The van der Waals surface area contributed by atoms with E-state index in [4.69, 9.17) is 0 Å². The highest BCUT2D eigenvalue weighted by molar-refractivity contribution is 7.17. The average molecular weight is 546 g/mol. The summed E-state index contributed by atoms with van der Waals surface area (Å²) in [6.45, 7) is 3.71. The molecule has 37 heavy (non-hydrogen) atoms. The van der Waals surface area contributed by atoms with Crippen LogP contribution in [0.3, 0.4) is 0 Å². The molecule has 0 radical (unpaired) electrons. The second kappa shape index (κ2) is 10.1. The molecular formula is C27H26F3N3O2S2. The van der Waals surface area contributed by atoms with Crippen molar-refractivity contribution >= 4 is 45.5 Å². The number of benzene rings is 1. The number of hydrogen-bond acceptors (Lipinski definition) is 5. The maximum Gasteiger partial charge on any atom is 0.391 e. The van der Waals surface area contributed by atoms with Gasteiger partial charge in [0.05, 0.1) is 22.2 Å². The van der Waals surface area contributed by atoms with Gasteiger partial charge in [0, 0.05) is 40.2 Å². The largest absolute Gasteiger partial charge is 0.391 e. The third-order valence-electron chi connectivity index (χ3n) is 6.96. The number of anilines is 1. The van der Waals surface area contributed by atoms with Gasteiger partial charge < -0.3 is 4.90 Å². The van der Waals surface area contributed by atoms with E-state index in [1.165, 1.54) is 11.3 Å². The van der Waals surface area contributed by atoms with E-state index in [0.717, 1.165) is 32.9 Å². The monoisotopic (exact) mass is 545 g/mol. The van der Waals surface area contributed by atoms with Gasteiger partial charge in [0.25, 0.3) is 0 Å². The number of alkyl halides is 3. The van der Waals surface area contributed by atoms with Crippen molar-refractivity contribution < 1.29 is 22.8 Å². The van der Waals surface area contributed by atoms with Crippen LogP contribution >= 0.6 is 22.7 Å². The Morgan fingerprint density at radius 3 is 2.41 bits per heavy atom. The van der Waals surface area contributed by atoms with Crippen LogP contribution in [0, 0.1) is 11.8 Å². The van der Waals surface area contributed by atoms with Crippen molar-refractivity contribution in [3.8, 4) is 21.7 Å². The minimum Gasteiger partial charge on any atom is -0.308 e. The molecule has 0 unspecified atom stereocenters. The molecule has 0 atom stereocenters. The second-order valence-corrected chi connectivity index (χ2v) is 11.6. The zero-order valence-corrected chi connectivity index (χ0v) is 22.0. The lowest BCUT2D eigenvalue weighted by Gasteiger charge is -2.34.